The lowest BCUT2D eigenvalue weighted by atomic mass is 9.87. The number of likely N-dealkylation sites (tertiary alicyclic amines) is 2. The van der Waals surface area contributed by atoms with Crippen molar-refractivity contribution < 1.29 is 4.79 Å². The predicted molar refractivity (Wildman–Crippen MR) is 95.9 cm³/mol. The highest BCUT2D eigenvalue weighted by atomic mass is 32.1. The average Bonchev–Trinajstić information content (AvgIpc) is 3.29. The van der Waals surface area contributed by atoms with Gasteiger partial charge in [0, 0.05) is 41.2 Å². The number of hydrogen-bond acceptors (Lipinski definition) is 6. The summed E-state index contributed by atoms with van der Waals surface area (Å²) < 4.78 is 0. The topological polar surface area (TPSA) is 49.3 Å². The van der Waals surface area contributed by atoms with Gasteiger partial charge >= 0.3 is 0 Å². The molecule has 1 atom stereocenters. The van der Waals surface area contributed by atoms with Crippen molar-refractivity contribution in [2.75, 3.05) is 13.1 Å². The predicted octanol–water partition coefficient (Wildman–Crippen LogP) is 3.15. The van der Waals surface area contributed by atoms with Gasteiger partial charge in [0.25, 0.3) is 0 Å². The minimum Gasteiger partial charge on any atom is -0.332 e. The maximum absolute atomic E-state index is 12.5. The van der Waals surface area contributed by atoms with Crippen LogP contribution in [0.25, 0.3) is 0 Å². The van der Waals surface area contributed by atoms with Gasteiger partial charge in [-0.25, -0.2) is 4.98 Å². The first kappa shape index (κ1) is 16.2. The zero-order chi connectivity index (χ0) is 16.4. The summed E-state index contributed by atoms with van der Waals surface area (Å²) in [6.07, 6.45) is 8.83. The molecule has 4 heterocycles. The van der Waals surface area contributed by atoms with Gasteiger partial charge in [-0.15, -0.1) is 22.7 Å². The molecule has 2 aliphatic rings. The number of amides is 1. The van der Waals surface area contributed by atoms with E-state index in [2.05, 4.69) is 19.8 Å². The summed E-state index contributed by atoms with van der Waals surface area (Å²) in [5.41, 5.74) is 1.91. The number of carbonyl (C=O) groups is 1. The van der Waals surface area contributed by atoms with Crippen LogP contribution in [0.3, 0.4) is 0 Å². The molecule has 7 heteroatoms. The zero-order valence-corrected chi connectivity index (χ0v) is 15.3. The number of nitrogens with zero attached hydrogens (tertiary/aromatic N) is 4. The third kappa shape index (κ3) is 3.25. The van der Waals surface area contributed by atoms with Crippen molar-refractivity contribution >= 4 is 28.6 Å². The van der Waals surface area contributed by atoms with Gasteiger partial charge in [-0.1, -0.05) is 0 Å². The second kappa shape index (κ2) is 6.90. The van der Waals surface area contributed by atoms with Crippen molar-refractivity contribution in [3.8, 4) is 0 Å². The molecule has 0 radical (unpaired) electrons. The maximum atomic E-state index is 12.5. The Morgan fingerprint density at radius 1 is 1.17 bits per heavy atom. The second-order valence-electron chi connectivity index (χ2n) is 6.73. The van der Waals surface area contributed by atoms with Crippen molar-refractivity contribution in [1.82, 2.24) is 19.8 Å². The molecule has 1 spiro atoms. The van der Waals surface area contributed by atoms with E-state index in [1.807, 2.05) is 23.3 Å². The highest BCUT2D eigenvalue weighted by Crippen LogP contribution is 2.40. The molecule has 0 aliphatic carbocycles. The first-order valence-corrected chi connectivity index (χ1v) is 10.3. The molecule has 2 aromatic rings. The van der Waals surface area contributed by atoms with Crippen LogP contribution in [0.15, 0.2) is 23.3 Å². The fourth-order valence-electron chi connectivity index (χ4n) is 4.04. The molecule has 0 saturated carbocycles. The molecule has 2 fully saturated rings. The normalized spacial score (nSPS) is 25.5. The highest BCUT2D eigenvalue weighted by molar-refractivity contribution is 7.09. The summed E-state index contributed by atoms with van der Waals surface area (Å²) in [5.74, 6) is 0.316. The summed E-state index contributed by atoms with van der Waals surface area (Å²) in [5, 5.41) is 3.23. The van der Waals surface area contributed by atoms with Crippen LogP contribution in [-0.4, -0.2) is 44.3 Å². The lowest BCUT2D eigenvalue weighted by molar-refractivity contribution is -0.132. The van der Waals surface area contributed by atoms with Crippen LogP contribution in [0.5, 0.6) is 0 Å². The van der Waals surface area contributed by atoms with Crippen molar-refractivity contribution in [2.45, 2.75) is 50.7 Å². The van der Waals surface area contributed by atoms with Gasteiger partial charge in [-0.05, 0) is 32.2 Å². The van der Waals surface area contributed by atoms with E-state index in [1.54, 1.807) is 22.7 Å². The summed E-state index contributed by atoms with van der Waals surface area (Å²) in [6.45, 7) is 3.82. The lowest BCUT2D eigenvalue weighted by Crippen LogP contribution is -2.45. The molecule has 1 amide bonds. The van der Waals surface area contributed by atoms with E-state index >= 15 is 0 Å². The fraction of sp³-hybridized carbons (Fsp3) is 0.588. The number of hydrogen-bond donors (Lipinski definition) is 0. The summed E-state index contributed by atoms with van der Waals surface area (Å²) in [7, 11) is 0. The number of carbonyl (C=O) groups excluding carboxylic acids is 1. The number of thiazole rings is 2. The molecule has 2 aromatic heterocycles. The smallest absolute Gasteiger partial charge is 0.223 e. The molecule has 5 nitrogen and oxygen atoms in total. The van der Waals surface area contributed by atoms with Crippen LogP contribution in [0.4, 0.5) is 0 Å². The lowest BCUT2D eigenvalue weighted by Gasteiger charge is -2.38. The van der Waals surface area contributed by atoms with Gasteiger partial charge in [0.05, 0.1) is 18.6 Å². The number of rotatable bonds is 4. The van der Waals surface area contributed by atoms with Gasteiger partial charge in [0.1, 0.15) is 5.01 Å². The molecule has 0 N–H and O–H groups in total. The van der Waals surface area contributed by atoms with Crippen LogP contribution in [0, 0.1) is 0 Å². The van der Waals surface area contributed by atoms with E-state index in [0.717, 1.165) is 51.9 Å². The first-order chi connectivity index (χ1) is 11.8. The van der Waals surface area contributed by atoms with Gasteiger partial charge in [0.2, 0.25) is 5.91 Å². The van der Waals surface area contributed by atoms with E-state index < -0.39 is 0 Å². The molecule has 24 heavy (non-hydrogen) atoms. The van der Waals surface area contributed by atoms with E-state index in [4.69, 9.17) is 0 Å². The molecular weight excluding hydrogens is 340 g/mol. The minimum absolute atomic E-state index is 0.0543. The van der Waals surface area contributed by atoms with Crippen molar-refractivity contribution in [2.24, 2.45) is 0 Å². The maximum Gasteiger partial charge on any atom is 0.223 e. The third-order valence-corrected chi connectivity index (χ3v) is 6.86. The third-order valence-electron chi connectivity index (χ3n) is 5.33. The highest BCUT2D eigenvalue weighted by Gasteiger charge is 2.45. The molecule has 2 aliphatic heterocycles. The van der Waals surface area contributed by atoms with Crippen LogP contribution >= 0.6 is 22.7 Å². The Hall–Kier alpha value is -1.31. The van der Waals surface area contributed by atoms with E-state index in [9.17, 15) is 4.79 Å². The van der Waals surface area contributed by atoms with Gasteiger partial charge in [-0.2, -0.15) is 0 Å². The van der Waals surface area contributed by atoms with Crippen molar-refractivity contribution in [1.29, 1.82) is 0 Å². The Kier molecular flexibility index (Phi) is 4.65. The van der Waals surface area contributed by atoms with Gasteiger partial charge < -0.3 is 4.90 Å². The van der Waals surface area contributed by atoms with Gasteiger partial charge in [0.15, 0.2) is 0 Å². The largest absolute Gasteiger partial charge is 0.332 e. The summed E-state index contributed by atoms with van der Waals surface area (Å²) in [6, 6.07) is 0. The second-order valence-corrected chi connectivity index (χ2v) is 8.68. The van der Waals surface area contributed by atoms with Crippen LogP contribution < -0.4 is 0 Å². The van der Waals surface area contributed by atoms with E-state index in [-0.39, 0.29) is 5.54 Å². The summed E-state index contributed by atoms with van der Waals surface area (Å²) >= 11 is 3.37. The molecule has 2 saturated heterocycles. The first-order valence-electron chi connectivity index (χ1n) is 8.54. The quantitative estimate of drug-likeness (QED) is 0.838. The summed E-state index contributed by atoms with van der Waals surface area (Å²) in [4.78, 5) is 26.9. The Morgan fingerprint density at radius 2 is 2.12 bits per heavy atom. The molecule has 128 valence electrons. The molecule has 0 aromatic carbocycles. The van der Waals surface area contributed by atoms with Crippen LogP contribution in [0.2, 0.25) is 0 Å². The molecule has 0 unspecified atom stereocenters. The molecule has 4 rings (SSSR count). The van der Waals surface area contributed by atoms with Crippen LogP contribution in [0.1, 0.15) is 42.0 Å². The van der Waals surface area contributed by atoms with Crippen molar-refractivity contribution in [3.63, 3.8) is 0 Å². The molecule has 0 bridgehead atoms. The zero-order valence-electron chi connectivity index (χ0n) is 13.7. The Balaban J connectivity index is 1.46. The Labute approximate surface area is 150 Å². The Morgan fingerprint density at radius 3 is 2.92 bits per heavy atom. The fourth-order valence-corrected chi connectivity index (χ4v) is 5.28. The molecular formula is C17H22N4OS2. The SMILES string of the molecule is O=C1CC[C@@]2(CCCN(Cc3nccs3)CC2)N1Cc1cncs1. The van der Waals surface area contributed by atoms with E-state index in [1.165, 1.54) is 9.88 Å². The van der Waals surface area contributed by atoms with E-state index in [0.29, 0.717) is 12.3 Å². The van der Waals surface area contributed by atoms with Crippen LogP contribution in [-0.2, 0) is 17.9 Å². The standard InChI is InChI=1S/C17H22N4OS2/c22-16-2-4-17(21(16)11-14-10-18-13-24-14)3-1-7-20(8-5-17)12-15-19-6-9-23-15/h6,9-10,13H,1-5,7-8,11-12H2/t17-/m1/s1. The average molecular weight is 363 g/mol. The Bertz CT molecular complexity index is 673. The monoisotopic (exact) mass is 362 g/mol. The van der Waals surface area contributed by atoms with Gasteiger partial charge in [-0.3, -0.25) is 14.7 Å². The number of aromatic nitrogens is 2. The minimum atomic E-state index is 0.0543. The van der Waals surface area contributed by atoms with Crippen molar-refractivity contribution in [3.05, 3.63) is 33.2 Å².